The average molecular weight is 406 g/mol. The zero-order valence-electron chi connectivity index (χ0n) is 17.4. The highest BCUT2D eigenvalue weighted by Gasteiger charge is 2.56. The van der Waals surface area contributed by atoms with Gasteiger partial charge in [0.1, 0.15) is 18.5 Å². The van der Waals surface area contributed by atoms with E-state index in [9.17, 15) is 9.59 Å². The van der Waals surface area contributed by atoms with E-state index in [2.05, 4.69) is 34.2 Å². The molecule has 7 nitrogen and oxygen atoms in total. The highest BCUT2D eigenvalue weighted by Crippen LogP contribution is 2.34. The van der Waals surface area contributed by atoms with Gasteiger partial charge in [-0.1, -0.05) is 48.5 Å². The molecule has 3 amide bonds. The molecule has 0 aromatic heterocycles. The third-order valence-corrected chi connectivity index (χ3v) is 6.48. The fraction of sp³-hybridized carbons (Fsp3) is 0.391. The Morgan fingerprint density at radius 3 is 2.50 bits per heavy atom. The van der Waals surface area contributed by atoms with Crippen molar-refractivity contribution in [2.75, 3.05) is 25.0 Å². The molecule has 2 aromatic carbocycles. The minimum atomic E-state index is -0.381. The zero-order valence-corrected chi connectivity index (χ0v) is 17.4. The summed E-state index contributed by atoms with van der Waals surface area (Å²) in [6.45, 7) is 4.15. The van der Waals surface area contributed by atoms with Gasteiger partial charge in [0.25, 0.3) is 5.91 Å². The number of carbonyl (C=O) groups excluding carboxylic acids is 2. The highest BCUT2D eigenvalue weighted by atomic mass is 16.2. The van der Waals surface area contributed by atoms with E-state index in [1.165, 1.54) is 16.2 Å². The number of hydrogen-bond donors (Lipinski definition) is 1. The van der Waals surface area contributed by atoms with Crippen molar-refractivity contribution in [1.29, 1.82) is 0 Å². The molecular weight excluding hydrogens is 378 g/mol. The predicted molar refractivity (Wildman–Crippen MR) is 114 cm³/mol. The topological polar surface area (TPSA) is 59.1 Å². The Balaban J connectivity index is 1.45. The van der Waals surface area contributed by atoms with Crippen LogP contribution in [0.2, 0.25) is 0 Å². The number of benzene rings is 2. The van der Waals surface area contributed by atoms with Gasteiger partial charge < -0.3 is 9.80 Å². The van der Waals surface area contributed by atoms with Crippen molar-refractivity contribution in [2.45, 2.75) is 38.4 Å². The molecule has 2 aromatic rings. The second-order valence-corrected chi connectivity index (χ2v) is 8.30. The maximum atomic E-state index is 13.5. The standard InChI is InChI=1S/C23H27N5O2/c1-16-9-6-7-12-18(16)26-13-8-14-27-19-20(24-22(26)27)25(2)23(30)28(21(19)29)15-17-10-4-3-5-11-17/h3-7,9-12,19-20,22,24H,8,13-15H2,1-2H3. The van der Waals surface area contributed by atoms with Crippen LogP contribution in [-0.4, -0.2) is 65.3 Å². The number of aryl methyl sites for hydroxylation is 1. The molecular formula is C23H27N5O2. The van der Waals surface area contributed by atoms with Crippen LogP contribution in [0.15, 0.2) is 54.6 Å². The lowest BCUT2D eigenvalue weighted by Gasteiger charge is -2.44. The lowest BCUT2D eigenvalue weighted by molar-refractivity contribution is -0.139. The van der Waals surface area contributed by atoms with Crippen LogP contribution >= 0.6 is 0 Å². The largest absolute Gasteiger partial charge is 0.343 e. The summed E-state index contributed by atoms with van der Waals surface area (Å²) in [6, 6.07) is 17.4. The number of anilines is 1. The normalized spacial score (nSPS) is 26.7. The number of likely N-dealkylation sites (N-methyl/N-ethyl adjacent to an activating group) is 1. The molecule has 3 heterocycles. The van der Waals surface area contributed by atoms with E-state index in [1.807, 2.05) is 42.5 Å². The van der Waals surface area contributed by atoms with Crippen LogP contribution in [0.25, 0.3) is 0 Å². The Kier molecular flexibility index (Phi) is 4.72. The first-order valence-corrected chi connectivity index (χ1v) is 10.5. The van der Waals surface area contributed by atoms with Gasteiger partial charge >= 0.3 is 6.03 Å². The Hall–Kier alpha value is -2.90. The molecule has 3 fully saturated rings. The summed E-state index contributed by atoms with van der Waals surface area (Å²) in [6.07, 6.45) is 0.539. The van der Waals surface area contributed by atoms with Crippen LogP contribution in [0.3, 0.4) is 0 Å². The Morgan fingerprint density at radius 2 is 1.73 bits per heavy atom. The molecule has 1 N–H and O–H groups in total. The molecule has 30 heavy (non-hydrogen) atoms. The van der Waals surface area contributed by atoms with E-state index < -0.39 is 0 Å². The zero-order chi connectivity index (χ0) is 20.8. The summed E-state index contributed by atoms with van der Waals surface area (Å²) in [5, 5.41) is 3.58. The Morgan fingerprint density at radius 1 is 1.00 bits per heavy atom. The van der Waals surface area contributed by atoms with Crippen molar-refractivity contribution in [2.24, 2.45) is 0 Å². The first-order chi connectivity index (χ1) is 14.6. The first kappa shape index (κ1) is 19.1. The molecule has 0 aliphatic carbocycles. The maximum Gasteiger partial charge on any atom is 0.328 e. The number of fused-ring (bicyclic) bond motifs is 3. The molecule has 3 aliphatic heterocycles. The number of nitrogens with one attached hydrogen (secondary N) is 1. The number of amides is 3. The number of urea groups is 1. The van der Waals surface area contributed by atoms with Gasteiger partial charge in [-0.25, -0.2) is 4.79 Å². The molecule has 156 valence electrons. The summed E-state index contributed by atoms with van der Waals surface area (Å²) in [5.41, 5.74) is 3.33. The van der Waals surface area contributed by atoms with Crippen molar-refractivity contribution >= 4 is 17.6 Å². The number of carbonyl (C=O) groups is 2. The van der Waals surface area contributed by atoms with Gasteiger partial charge in [0.15, 0.2) is 0 Å². The fourth-order valence-corrected chi connectivity index (χ4v) is 4.96. The van der Waals surface area contributed by atoms with Crippen LogP contribution in [0.4, 0.5) is 10.5 Å². The predicted octanol–water partition coefficient (Wildman–Crippen LogP) is 2.18. The van der Waals surface area contributed by atoms with Crippen molar-refractivity contribution in [1.82, 2.24) is 20.0 Å². The van der Waals surface area contributed by atoms with Crippen LogP contribution < -0.4 is 10.2 Å². The van der Waals surface area contributed by atoms with Gasteiger partial charge in [-0.05, 0) is 30.5 Å². The summed E-state index contributed by atoms with van der Waals surface area (Å²) < 4.78 is 0. The molecule has 3 saturated heterocycles. The number of hydrogen-bond acceptors (Lipinski definition) is 5. The fourth-order valence-electron chi connectivity index (χ4n) is 4.96. The summed E-state index contributed by atoms with van der Waals surface area (Å²) in [5.74, 6) is -0.117. The van der Waals surface area contributed by atoms with Gasteiger partial charge in [-0.2, -0.15) is 0 Å². The molecule has 7 heteroatoms. The van der Waals surface area contributed by atoms with E-state index in [-0.39, 0.29) is 30.4 Å². The third-order valence-electron chi connectivity index (χ3n) is 6.48. The van der Waals surface area contributed by atoms with Crippen molar-refractivity contribution < 1.29 is 9.59 Å². The number of rotatable bonds is 3. The van der Waals surface area contributed by atoms with Crippen molar-refractivity contribution in [3.8, 4) is 0 Å². The quantitative estimate of drug-likeness (QED) is 0.848. The number of nitrogens with zero attached hydrogens (tertiary/aromatic N) is 4. The number of imide groups is 1. The second kappa shape index (κ2) is 7.41. The molecule has 0 bridgehead atoms. The SMILES string of the molecule is Cc1ccccc1N1CCCN2C3C(=O)N(Cc4ccccc4)C(=O)N(C)C3NC12. The number of para-hydroxylation sites is 1. The van der Waals surface area contributed by atoms with Gasteiger partial charge in [-0.15, -0.1) is 0 Å². The Labute approximate surface area is 176 Å². The van der Waals surface area contributed by atoms with E-state index in [0.29, 0.717) is 6.54 Å². The monoisotopic (exact) mass is 405 g/mol. The smallest absolute Gasteiger partial charge is 0.328 e. The average Bonchev–Trinajstić information content (AvgIpc) is 3.16. The molecule has 3 unspecified atom stereocenters. The Bertz CT molecular complexity index is 965. The summed E-state index contributed by atoms with van der Waals surface area (Å²) in [7, 11) is 1.79. The lowest BCUT2D eigenvalue weighted by Crippen LogP contribution is -2.66. The van der Waals surface area contributed by atoms with E-state index in [0.717, 1.165) is 25.1 Å². The van der Waals surface area contributed by atoms with Gasteiger partial charge in [0, 0.05) is 25.8 Å². The molecule has 5 rings (SSSR count). The minimum Gasteiger partial charge on any atom is -0.343 e. The second-order valence-electron chi connectivity index (χ2n) is 8.30. The third kappa shape index (κ3) is 2.97. The minimum absolute atomic E-state index is 0.106. The van der Waals surface area contributed by atoms with Crippen molar-refractivity contribution in [3.05, 3.63) is 65.7 Å². The maximum absolute atomic E-state index is 13.5. The molecule has 0 saturated carbocycles. The molecule has 0 radical (unpaired) electrons. The molecule has 3 atom stereocenters. The van der Waals surface area contributed by atoms with E-state index in [4.69, 9.17) is 0 Å². The van der Waals surface area contributed by atoms with Gasteiger partial charge in [-0.3, -0.25) is 19.9 Å². The summed E-state index contributed by atoms with van der Waals surface area (Å²) >= 11 is 0. The van der Waals surface area contributed by atoms with Crippen LogP contribution in [0.1, 0.15) is 17.5 Å². The summed E-state index contributed by atoms with van der Waals surface area (Å²) in [4.78, 5) is 34.2. The molecule has 3 aliphatic rings. The van der Waals surface area contributed by atoms with E-state index >= 15 is 0 Å². The van der Waals surface area contributed by atoms with Crippen molar-refractivity contribution in [3.63, 3.8) is 0 Å². The van der Waals surface area contributed by atoms with Gasteiger partial charge in [0.05, 0.1) is 6.54 Å². The van der Waals surface area contributed by atoms with E-state index in [1.54, 1.807) is 11.9 Å². The lowest BCUT2D eigenvalue weighted by atomic mass is 10.1. The van der Waals surface area contributed by atoms with Crippen LogP contribution in [0.5, 0.6) is 0 Å². The first-order valence-electron chi connectivity index (χ1n) is 10.5. The van der Waals surface area contributed by atoms with Gasteiger partial charge in [0.2, 0.25) is 0 Å². The highest BCUT2D eigenvalue weighted by molar-refractivity contribution is 6.00. The van der Waals surface area contributed by atoms with Crippen LogP contribution in [-0.2, 0) is 11.3 Å². The van der Waals surface area contributed by atoms with Crippen LogP contribution in [0, 0.1) is 6.92 Å². The molecule has 0 spiro atoms.